The fourth-order valence-electron chi connectivity index (χ4n) is 3.83. The molecule has 4 nitrogen and oxygen atoms in total. The van der Waals surface area contributed by atoms with Crippen molar-refractivity contribution in [2.75, 3.05) is 19.7 Å². The van der Waals surface area contributed by atoms with E-state index >= 15 is 0 Å². The smallest absolute Gasteiger partial charge is 0.251 e. The molecule has 2 atom stereocenters. The number of amides is 1. The Morgan fingerprint density at radius 3 is 2.54 bits per heavy atom. The highest BCUT2D eigenvalue weighted by Gasteiger charge is 2.16. The third-order valence-electron chi connectivity index (χ3n) is 5.40. The highest BCUT2D eigenvalue weighted by atomic mass is 16.5. The molecule has 1 N–H and O–H groups in total. The van der Waals surface area contributed by atoms with Gasteiger partial charge in [-0.05, 0) is 74.5 Å². The molecule has 0 radical (unpaired) electrons. The molecule has 1 aliphatic rings. The van der Waals surface area contributed by atoms with Gasteiger partial charge in [0.25, 0.3) is 5.91 Å². The second-order valence-corrected chi connectivity index (χ2v) is 7.88. The lowest BCUT2D eigenvalue weighted by atomic mass is 9.99. The van der Waals surface area contributed by atoms with Gasteiger partial charge < -0.3 is 10.1 Å². The van der Waals surface area contributed by atoms with Gasteiger partial charge in [-0.3, -0.25) is 9.69 Å². The molecule has 1 amide bonds. The van der Waals surface area contributed by atoms with Crippen molar-refractivity contribution in [1.82, 2.24) is 10.2 Å². The van der Waals surface area contributed by atoms with Crippen molar-refractivity contribution in [3.63, 3.8) is 0 Å². The number of hydrogen-bond acceptors (Lipinski definition) is 3. The lowest BCUT2D eigenvalue weighted by molar-refractivity contribution is 0.0940. The predicted molar refractivity (Wildman–Crippen MR) is 114 cm³/mol. The summed E-state index contributed by atoms with van der Waals surface area (Å²) in [6, 6.07) is 15.8. The van der Waals surface area contributed by atoms with Crippen LogP contribution < -0.4 is 10.1 Å². The van der Waals surface area contributed by atoms with Gasteiger partial charge in [-0.15, -0.1) is 0 Å². The van der Waals surface area contributed by atoms with E-state index in [4.69, 9.17) is 4.74 Å². The van der Waals surface area contributed by atoms with Gasteiger partial charge in [0.2, 0.25) is 0 Å². The van der Waals surface area contributed by atoms with E-state index in [0.717, 1.165) is 23.8 Å². The molecule has 0 unspecified atom stereocenters. The zero-order valence-corrected chi connectivity index (χ0v) is 17.3. The van der Waals surface area contributed by atoms with Crippen molar-refractivity contribution in [1.29, 1.82) is 0 Å². The molecule has 0 saturated carbocycles. The van der Waals surface area contributed by atoms with Crippen molar-refractivity contribution in [3.05, 3.63) is 65.2 Å². The fraction of sp³-hybridized carbons (Fsp3) is 0.458. The van der Waals surface area contributed by atoms with E-state index in [-0.39, 0.29) is 11.9 Å². The van der Waals surface area contributed by atoms with Crippen molar-refractivity contribution in [3.8, 4) is 5.75 Å². The topological polar surface area (TPSA) is 41.6 Å². The SMILES string of the molecule is CCOc1ccc([C@H](C)NC(=O)c2ccc(CN3CCC[C@H](C)C3)cc2)cc1. The third-order valence-corrected chi connectivity index (χ3v) is 5.40. The van der Waals surface area contributed by atoms with Crippen LogP contribution in [0.4, 0.5) is 0 Å². The number of piperidine rings is 1. The summed E-state index contributed by atoms with van der Waals surface area (Å²) in [4.78, 5) is 15.1. The summed E-state index contributed by atoms with van der Waals surface area (Å²) in [7, 11) is 0. The van der Waals surface area contributed by atoms with Crippen LogP contribution in [0.3, 0.4) is 0 Å². The van der Waals surface area contributed by atoms with Crippen LogP contribution in [-0.4, -0.2) is 30.5 Å². The molecule has 28 heavy (non-hydrogen) atoms. The second kappa shape index (κ2) is 9.74. The summed E-state index contributed by atoms with van der Waals surface area (Å²) in [5, 5.41) is 3.08. The van der Waals surface area contributed by atoms with E-state index in [0.29, 0.717) is 12.2 Å². The van der Waals surface area contributed by atoms with Crippen LogP contribution >= 0.6 is 0 Å². The number of carbonyl (C=O) groups excluding carboxylic acids is 1. The number of hydrogen-bond donors (Lipinski definition) is 1. The first kappa shape index (κ1) is 20.4. The first-order valence-corrected chi connectivity index (χ1v) is 10.4. The zero-order chi connectivity index (χ0) is 19.9. The molecule has 1 aliphatic heterocycles. The highest BCUT2D eigenvalue weighted by Crippen LogP contribution is 2.20. The van der Waals surface area contributed by atoms with Gasteiger partial charge in [-0.2, -0.15) is 0 Å². The van der Waals surface area contributed by atoms with Crippen LogP contribution in [0.1, 0.15) is 61.1 Å². The first-order valence-electron chi connectivity index (χ1n) is 10.4. The van der Waals surface area contributed by atoms with Gasteiger partial charge in [0.15, 0.2) is 0 Å². The Hall–Kier alpha value is -2.33. The Bertz CT molecular complexity index is 755. The molecule has 3 rings (SSSR count). The Kier molecular flexibility index (Phi) is 7.10. The summed E-state index contributed by atoms with van der Waals surface area (Å²) >= 11 is 0. The van der Waals surface area contributed by atoms with Gasteiger partial charge in [0.1, 0.15) is 5.75 Å². The van der Waals surface area contributed by atoms with Crippen LogP contribution in [0.15, 0.2) is 48.5 Å². The van der Waals surface area contributed by atoms with E-state index < -0.39 is 0 Å². The van der Waals surface area contributed by atoms with Crippen molar-refractivity contribution < 1.29 is 9.53 Å². The number of ether oxygens (including phenoxy) is 1. The average molecular weight is 381 g/mol. The first-order chi connectivity index (χ1) is 13.5. The molecule has 2 aromatic rings. The number of nitrogens with one attached hydrogen (secondary N) is 1. The lowest BCUT2D eigenvalue weighted by Crippen LogP contribution is -2.33. The van der Waals surface area contributed by atoms with Crippen LogP contribution in [0.2, 0.25) is 0 Å². The highest BCUT2D eigenvalue weighted by molar-refractivity contribution is 5.94. The molecule has 2 aromatic carbocycles. The molecular formula is C24H32N2O2. The quantitative estimate of drug-likeness (QED) is 0.750. The molecule has 1 heterocycles. The largest absolute Gasteiger partial charge is 0.494 e. The van der Waals surface area contributed by atoms with Gasteiger partial charge in [-0.1, -0.05) is 31.2 Å². The molecule has 1 fully saturated rings. The van der Waals surface area contributed by atoms with Gasteiger partial charge in [0, 0.05) is 18.7 Å². The summed E-state index contributed by atoms with van der Waals surface area (Å²) in [6.45, 7) is 10.3. The molecule has 0 aliphatic carbocycles. The molecular weight excluding hydrogens is 348 g/mol. The molecule has 150 valence electrons. The lowest BCUT2D eigenvalue weighted by Gasteiger charge is -2.30. The van der Waals surface area contributed by atoms with Crippen LogP contribution in [0, 0.1) is 5.92 Å². The fourth-order valence-corrected chi connectivity index (χ4v) is 3.83. The van der Waals surface area contributed by atoms with E-state index in [1.54, 1.807) is 0 Å². The molecule has 0 aromatic heterocycles. The Labute approximate surface area is 168 Å². The van der Waals surface area contributed by atoms with E-state index in [9.17, 15) is 4.79 Å². The van der Waals surface area contributed by atoms with Gasteiger partial charge in [-0.25, -0.2) is 0 Å². The minimum atomic E-state index is -0.0577. The standard InChI is InChI=1S/C24H32N2O2/c1-4-28-23-13-11-21(12-14-23)19(3)25-24(27)22-9-7-20(8-10-22)17-26-15-5-6-18(2)16-26/h7-14,18-19H,4-6,15-17H2,1-3H3,(H,25,27)/t18-,19-/m0/s1. The van der Waals surface area contributed by atoms with E-state index in [2.05, 4.69) is 29.3 Å². The van der Waals surface area contributed by atoms with E-state index in [1.807, 2.05) is 50.2 Å². The number of nitrogens with zero attached hydrogens (tertiary/aromatic N) is 1. The van der Waals surface area contributed by atoms with Crippen molar-refractivity contribution in [2.24, 2.45) is 5.92 Å². The third kappa shape index (κ3) is 5.59. The van der Waals surface area contributed by atoms with E-state index in [1.165, 1.54) is 31.5 Å². The minimum absolute atomic E-state index is 0.0421. The van der Waals surface area contributed by atoms with Crippen molar-refractivity contribution >= 4 is 5.91 Å². The summed E-state index contributed by atoms with van der Waals surface area (Å²) in [6.07, 6.45) is 2.62. The Morgan fingerprint density at radius 1 is 1.18 bits per heavy atom. The maximum atomic E-state index is 12.6. The number of rotatable bonds is 7. The predicted octanol–water partition coefficient (Wildman–Crippen LogP) is 4.81. The van der Waals surface area contributed by atoms with Crippen molar-refractivity contribution in [2.45, 2.75) is 46.2 Å². The number of carbonyl (C=O) groups is 1. The number of benzene rings is 2. The Balaban J connectivity index is 1.55. The second-order valence-electron chi connectivity index (χ2n) is 7.88. The van der Waals surface area contributed by atoms with Crippen LogP contribution in [0.5, 0.6) is 5.75 Å². The molecule has 4 heteroatoms. The van der Waals surface area contributed by atoms with Crippen LogP contribution in [0.25, 0.3) is 0 Å². The maximum absolute atomic E-state index is 12.6. The van der Waals surface area contributed by atoms with Crippen LogP contribution in [-0.2, 0) is 6.54 Å². The Morgan fingerprint density at radius 2 is 1.89 bits per heavy atom. The molecule has 1 saturated heterocycles. The molecule has 0 bridgehead atoms. The summed E-state index contributed by atoms with van der Waals surface area (Å²) in [5.41, 5.74) is 3.03. The van der Waals surface area contributed by atoms with Gasteiger partial charge in [0.05, 0.1) is 12.6 Å². The minimum Gasteiger partial charge on any atom is -0.494 e. The normalized spacial score (nSPS) is 18.5. The average Bonchev–Trinajstić information content (AvgIpc) is 2.69. The summed E-state index contributed by atoms with van der Waals surface area (Å²) < 4.78 is 5.47. The zero-order valence-electron chi connectivity index (χ0n) is 17.3. The van der Waals surface area contributed by atoms with Gasteiger partial charge >= 0.3 is 0 Å². The summed E-state index contributed by atoms with van der Waals surface area (Å²) in [5.74, 6) is 1.59. The monoisotopic (exact) mass is 380 g/mol. The molecule has 0 spiro atoms. The maximum Gasteiger partial charge on any atom is 0.251 e. The number of likely N-dealkylation sites (tertiary alicyclic amines) is 1.